The number of amides is 1. The van der Waals surface area contributed by atoms with Gasteiger partial charge in [-0.1, -0.05) is 6.07 Å². The number of alkyl halides is 6. The minimum absolute atomic E-state index is 0.0141. The van der Waals surface area contributed by atoms with Gasteiger partial charge in [0.2, 0.25) is 0 Å². The Kier molecular flexibility index (Phi) is 4.88. The van der Waals surface area contributed by atoms with Crippen molar-refractivity contribution in [2.24, 2.45) is 0 Å². The van der Waals surface area contributed by atoms with Crippen LogP contribution in [0.3, 0.4) is 0 Å². The summed E-state index contributed by atoms with van der Waals surface area (Å²) in [6.07, 6.45) is -4.73. The third-order valence-corrected chi connectivity index (χ3v) is 4.17. The lowest BCUT2D eigenvalue weighted by Crippen LogP contribution is -2.24. The van der Waals surface area contributed by atoms with Gasteiger partial charge in [-0.05, 0) is 48.1 Å². The van der Waals surface area contributed by atoms with E-state index in [0.29, 0.717) is 23.6 Å². The SMILES string of the molecule is O=C(NCc1cncc(C2CC2)c1)c1cc(C(F)(F)F)cc(C(F)(F)F)c1. The standard InChI is InChI=1S/C18H14F6N2O/c19-17(20,21)14-4-12(5-15(6-14)18(22,23)24)16(27)26-8-10-3-13(9-25-7-10)11-1-2-11/h3-7,9,11H,1-2,8H2,(H,26,27). The molecule has 0 radical (unpaired) electrons. The molecule has 0 spiro atoms. The van der Waals surface area contributed by atoms with Crippen LogP contribution in [-0.2, 0) is 18.9 Å². The second kappa shape index (κ2) is 6.86. The van der Waals surface area contributed by atoms with Crippen LogP contribution in [0.4, 0.5) is 26.3 Å². The second-order valence-corrected chi connectivity index (χ2v) is 6.38. The first-order valence-electron chi connectivity index (χ1n) is 8.05. The Labute approximate surface area is 150 Å². The molecule has 144 valence electrons. The summed E-state index contributed by atoms with van der Waals surface area (Å²) < 4.78 is 77.2. The van der Waals surface area contributed by atoms with E-state index in [0.717, 1.165) is 18.4 Å². The molecule has 0 saturated heterocycles. The fourth-order valence-corrected chi connectivity index (χ4v) is 2.61. The van der Waals surface area contributed by atoms with E-state index in [4.69, 9.17) is 0 Å². The molecule has 1 aromatic carbocycles. The molecule has 0 atom stereocenters. The molecule has 2 aromatic rings. The summed E-state index contributed by atoms with van der Waals surface area (Å²) in [6, 6.07) is 2.62. The zero-order valence-corrected chi connectivity index (χ0v) is 13.8. The van der Waals surface area contributed by atoms with Crippen LogP contribution >= 0.6 is 0 Å². The van der Waals surface area contributed by atoms with Crippen molar-refractivity contribution in [3.8, 4) is 0 Å². The Balaban J connectivity index is 1.80. The summed E-state index contributed by atoms with van der Waals surface area (Å²) in [5, 5.41) is 2.35. The molecule has 0 unspecified atom stereocenters. The lowest BCUT2D eigenvalue weighted by Gasteiger charge is -2.14. The van der Waals surface area contributed by atoms with Gasteiger partial charge in [-0.25, -0.2) is 0 Å². The van der Waals surface area contributed by atoms with Crippen LogP contribution in [-0.4, -0.2) is 10.9 Å². The molecular formula is C18H14F6N2O. The number of benzene rings is 1. The minimum Gasteiger partial charge on any atom is -0.348 e. The van der Waals surface area contributed by atoms with Crippen LogP contribution in [0.2, 0.25) is 0 Å². The number of halogens is 6. The highest BCUT2D eigenvalue weighted by molar-refractivity contribution is 5.94. The Bertz CT molecular complexity index is 823. The molecule has 1 aliphatic carbocycles. The van der Waals surface area contributed by atoms with Crippen molar-refractivity contribution in [2.45, 2.75) is 37.7 Å². The van der Waals surface area contributed by atoms with E-state index in [9.17, 15) is 31.1 Å². The smallest absolute Gasteiger partial charge is 0.348 e. The molecule has 0 aliphatic heterocycles. The molecule has 1 heterocycles. The lowest BCUT2D eigenvalue weighted by atomic mass is 10.0. The number of aromatic nitrogens is 1. The highest BCUT2D eigenvalue weighted by Crippen LogP contribution is 2.40. The zero-order chi connectivity index (χ0) is 19.8. The fourth-order valence-electron chi connectivity index (χ4n) is 2.61. The minimum atomic E-state index is -5.00. The van der Waals surface area contributed by atoms with E-state index < -0.39 is 35.0 Å². The van der Waals surface area contributed by atoms with Gasteiger partial charge in [0.15, 0.2) is 0 Å². The average molecular weight is 388 g/mol. The number of carbonyl (C=O) groups excluding carboxylic acids is 1. The Morgan fingerprint density at radius 3 is 2.07 bits per heavy atom. The number of nitrogens with zero attached hydrogens (tertiary/aromatic N) is 1. The Morgan fingerprint density at radius 2 is 1.56 bits per heavy atom. The normalized spacial score (nSPS) is 14.9. The van der Waals surface area contributed by atoms with E-state index in [2.05, 4.69) is 10.3 Å². The largest absolute Gasteiger partial charge is 0.416 e. The van der Waals surface area contributed by atoms with Gasteiger partial charge < -0.3 is 5.32 Å². The quantitative estimate of drug-likeness (QED) is 0.755. The van der Waals surface area contributed by atoms with Gasteiger partial charge in [0.1, 0.15) is 0 Å². The first kappa shape index (κ1) is 19.2. The van der Waals surface area contributed by atoms with Gasteiger partial charge in [-0.2, -0.15) is 26.3 Å². The van der Waals surface area contributed by atoms with E-state index in [1.54, 1.807) is 6.20 Å². The van der Waals surface area contributed by atoms with Gasteiger partial charge in [0, 0.05) is 24.5 Å². The first-order chi connectivity index (χ1) is 12.5. The van der Waals surface area contributed by atoms with Crippen molar-refractivity contribution in [1.82, 2.24) is 10.3 Å². The maximum Gasteiger partial charge on any atom is 0.416 e. The maximum absolute atomic E-state index is 12.9. The molecule has 9 heteroatoms. The van der Waals surface area contributed by atoms with Crippen molar-refractivity contribution in [3.63, 3.8) is 0 Å². The van der Waals surface area contributed by atoms with Gasteiger partial charge in [0.05, 0.1) is 11.1 Å². The monoisotopic (exact) mass is 388 g/mol. The van der Waals surface area contributed by atoms with E-state index in [-0.39, 0.29) is 12.6 Å². The number of hydrogen-bond donors (Lipinski definition) is 1. The topological polar surface area (TPSA) is 42.0 Å². The molecule has 1 saturated carbocycles. The van der Waals surface area contributed by atoms with Gasteiger partial charge in [-0.15, -0.1) is 0 Å². The van der Waals surface area contributed by atoms with Crippen LogP contribution in [0.15, 0.2) is 36.7 Å². The van der Waals surface area contributed by atoms with Gasteiger partial charge in [-0.3, -0.25) is 9.78 Å². The molecule has 27 heavy (non-hydrogen) atoms. The summed E-state index contributed by atoms with van der Waals surface area (Å²) in [5.41, 5.74) is -2.14. The van der Waals surface area contributed by atoms with Crippen molar-refractivity contribution in [2.75, 3.05) is 0 Å². The lowest BCUT2D eigenvalue weighted by molar-refractivity contribution is -0.143. The van der Waals surface area contributed by atoms with Gasteiger partial charge in [0.25, 0.3) is 5.91 Å². The summed E-state index contributed by atoms with van der Waals surface area (Å²) >= 11 is 0. The number of rotatable bonds is 4. The predicted octanol–water partition coefficient (Wildman–Crippen LogP) is 4.93. The summed E-state index contributed by atoms with van der Waals surface area (Å²) in [4.78, 5) is 16.2. The van der Waals surface area contributed by atoms with Crippen LogP contribution in [0, 0.1) is 0 Å². The van der Waals surface area contributed by atoms with Gasteiger partial charge >= 0.3 is 12.4 Å². The first-order valence-corrected chi connectivity index (χ1v) is 8.05. The fraction of sp³-hybridized carbons (Fsp3) is 0.333. The van der Waals surface area contributed by atoms with Crippen LogP contribution < -0.4 is 5.32 Å². The van der Waals surface area contributed by atoms with Crippen LogP contribution in [0.1, 0.15) is 51.4 Å². The maximum atomic E-state index is 12.9. The van der Waals surface area contributed by atoms with E-state index >= 15 is 0 Å². The molecule has 3 rings (SSSR count). The Hall–Kier alpha value is -2.58. The summed E-state index contributed by atoms with van der Waals surface area (Å²) in [7, 11) is 0. The molecule has 1 fully saturated rings. The van der Waals surface area contributed by atoms with E-state index in [1.165, 1.54) is 6.20 Å². The van der Waals surface area contributed by atoms with Crippen molar-refractivity contribution in [3.05, 3.63) is 64.5 Å². The summed E-state index contributed by atoms with van der Waals surface area (Å²) in [6.45, 7) is -0.0516. The average Bonchev–Trinajstić information content (AvgIpc) is 3.43. The third kappa shape index (κ3) is 4.78. The number of hydrogen-bond acceptors (Lipinski definition) is 2. The third-order valence-electron chi connectivity index (χ3n) is 4.17. The highest BCUT2D eigenvalue weighted by atomic mass is 19.4. The molecule has 3 nitrogen and oxygen atoms in total. The van der Waals surface area contributed by atoms with Crippen LogP contribution in [0.25, 0.3) is 0 Å². The Morgan fingerprint density at radius 1 is 0.963 bits per heavy atom. The summed E-state index contributed by atoms with van der Waals surface area (Å²) in [5.74, 6) is -0.602. The van der Waals surface area contributed by atoms with Crippen LogP contribution in [0.5, 0.6) is 0 Å². The van der Waals surface area contributed by atoms with Crippen molar-refractivity contribution >= 4 is 5.91 Å². The zero-order valence-electron chi connectivity index (χ0n) is 13.8. The predicted molar refractivity (Wildman–Crippen MR) is 83.8 cm³/mol. The molecule has 1 amide bonds. The van der Waals surface area contributed by atoms with E-state index in [1.807, 2.05) is 6.07 Å². The highest BCUT2D eigenvalue weighted by Gasteiger charge is 2.37. The number of carbonyl (C=O) groups is 1. The molecule has 1 aromatic heterocycles. The molecule has 1 aliphatic rings. The second-order valence-electron chi connectivity index (χ2n) is 6.38. The number of pyridine rings is 1. The van der Waals surface area contributed by atoms with Crippen molar-refractivity contribution in [1.29, 1.82) is 0 Å². The molecular weight excluding hydrogens is 374 g/mol. The van der Waals surface area contributed by atoms with Crippen molar-refractivity contribution < 1.29 is 31.1 Å². The number of nitrogens with one attached hydrogen (secondary N) is 1. The molecule has 1 N–H and O–H groups in total. The molecule has 0 bridgehead atoms.